The fourth-order valence-corrected chi connectivity index (χ4v) is 2.98. The molecule has 0 radical (unpaired) electrons. The molecule has 0 saturated carbocycles. The maximum Gasteiger partial charge on any atom is 0.265 e. The highest BCUT2D eigenvalue weighted by molar-refractivity contribution is 7.12. The first-order valence-electron chi connectivity index (χ1n) is 6.80. The minimum atomic E-state index is 0.0520. The average molecular weight is 292 g/mol. The minimum absolute atomic E-state index is 0.0520. The van der Waals surface area contributed by atoms with Gasteiger partial charge in [0, 0.05) is 37.7 Å². The monoisotopic (exact) mass is 292 g/mol. The molecule has 1 aliphatic rings. The van der Waals surface area contributed by atoms with E-state index >= 15 is 0 Å². The van der Waals surface area contributed by atoms with Crippen LogP contribution in [0.25, 0.3) is 0 Å². The van der Waals surface area contributed by atoms with Crippen molar-refractivity contribution in [3.05, 3.63) is 21.9 Å². The number of likely N-dealkylation sites (N-methyl/N-ethyl adjacent to an activating group) is 1. The van der Waals surface area contributed by atoms with Crippen LogP contribution in [0.4, 0.5) is 0 Å². The van der Waals surface area contributed by atoms with E-state index in [2.05, 4.69) is 30.7 Å². The highest BCUT2D eigenvalue weighted by Gasteiger charge is 2.26. The van der Waals surface area contributed by atoms with Crippen LogP contribution in [0.5, 0.6) is 0 Å². The number of thiophene rings is 1. The third kappa shape index (κ3) is 3.40. The van der Waals surface area contributed by atoms with E-state index in [4.69, 9.17) is 5.11 Å². The summed E-state index contributed by atoms with van der Waals surface area (Å²) in [6.07, 6.45) is 0.440. The Balaban J connectivity index is 2.10. The van der Waals surface area contributed by atoms with Gasteiger partial charge >= 0.3 is 0 Å². The van der Waals surface area contributed by atoms with E-state index in [1.807, 2.05) is 16.3 Å². The lowest BCUT2D eigenvalue weighted by Gasteiger charge is -2.37. The number of nitrogens with zero attached hydrogens (tertiary/aromatic N) is 2. The number of piperazine rings is 1. The van der Waals surface area contributed by atoms with Gasteiger partial charge in [-0.05, 0) is 25.4 Å². The van der Waals surface area contributed by atoms with E-state index in [1.54, 1.807) is 0 Å². The van der Waals surface area contributed by atoms with Crippen molar-refractivity contribution in [2.45, 2.75) is 19.4 Å². The van der Waals surface area contributed by atoms with Gasteiger partial charge in [0.25, 0.3) is 5.91 Å². The van der Waals surface area contributed by atoms with Crippen LogP contribution >= 0.6 is 11.3 Å². The molecule has 108 valence electrons. The van der Waals surface area contributed by atoms with Gasteiger partial charge in [0.1, 0.15) is 4.88 Å². The second-order valence-corrected chi connectivity index (χ2v) is 5.94. The summed E-state index contributed by atoms with van der Waals surface area (Å²) in [5.74, 6) is 5.93. The molecule has 0 aliphatic carbocycles. The Morgan fingerprint density at radius 2 is 2.35 bits per heavy atom. The number of carbonyl (C=O) groups excluding carboxylic acids is 1. The third-order valence-electron chi connectivity index (χ3n) is 3.57. The highest BCUT2D eigenvalue weighted by Crippen LogP contribution is 2.20. The zero-order valence-corrected chi connectivity index (χ0v) is 12.7. The fourth-order valence-electron chi connectivity index (χ4n) is 2.16. The predicted octanol–water partition coefficient (Wildman–Crippen LogP) is 1.26. The van der Waals surface area contributed by atoms with Gasteiger partial charge in [-0.1, -0.05) is 11.8 Å². The van der Waals surface area contributed by atoms with E-state index in [9.17, 15) is 4.79 Å². The maximum atomic E-state index is 12.6. The Morgan fingerprint density at radius 3 is 3.05 bits per heavy atom. The molecule has 1 unspecified atom stereocenters. The van der Waals surface area contributed by atoms with E-state index in [0.717, 1.165) is 25.2 Å². The largest absolute Gasteiger partial charge is 0.395 e. The molecule has 2 heterocycles. The van der Waals surface area contributed by atoms with E-state index < -0.39 is 0 Å². The van der Waals surface area contributed by atoms with Gasteiger partial charge in [-0.2, -0.15) is 0 Å². The molecule has 1 aromatic heterocycles. The van der Waals surface area contributed by atoms with E-state index in [0.29, 0.717) is 17.3 Å². The topological polar surface area (TPSA) is 43.8 Å². The zero-order valence-electron chi connectivity index (χ0n) is 11.9. The summed E-state index contributed by atoms with van der Waals surface area (Å²) in [6.45, 7) is 4.62. The molecule has 1 saturated heterocycles. The standard InChI is InChI=1S/C15H20N2O2S/c1-12-11-17(8-7-16(12)2)15(19)14-13(6-10-20-14)5-3-4-9-18/h6,10,12,18H,4,7-9,11H2,1-2H3. The number of aliphatic hydroxyl groups is 1. The molecule has 0 spiro atoms. The van der Waals surface area contributed by atoms with Crippen molar-refractivity contribution in [2.24, 2.45) is 0 Å². The molecular weight excluding hydrogens is 272 g/mol. The molecule has 1 aromatic rings. The van der Waals surface area contributed by atoms with Crippen LogP contribution in [-0.4, -0.2) is 60.1 Å². The van der Waals surface area contributed by atoms with Gasteiger partial charge in [0.05, 0.1) is 6.61 Å². The molecule has 2 rings (SSSR count). The summed E-state index contributed by atoms with van der Waals surface area (Å²) in [7, 11) is 2.09. The number of hydrogen-bond acceptors (Lipinski definition) is 4. The quantitative estimate of drug-likeness (QED) is 0.835. The summed E-state index contributed by atoms with van der Waals surface area (Å²) >= 11 is 1.44. The molecule has 5 heteroatoms. The van der Waals surface area contributed by atoms with Crippen LogP contribution in [0, 0.1) is 11.8 Å². The lowest BCUT2D eigenvalue weighted by atomic mass is 10.1. The zero-order chi connectivity index (χ0) is 14.5. The second-order valence-electron chi connectivity index (χ2n) is 5.02. The Morgan fingerprint density at radius 1 is 1.55 bits per heavy atom. The van der Waals surface area contributed by atoms with E-state index in [-0.39, 0.29) is 12.5 Å². The molecule has 1 atom stereocenters. The molecule has 0 aromatic carbocycles. The first-order valence-corrected chi connectivity index (χ1v) is 7.68. The fraction of sp³-hybridized carbons (Fsp3) is 0.533. The third-order valence-corrected chi connectivity index (χ3v) is 4.47. The Labute approximate surface area is 124 Å². The summed E-state index contributed by atoms with van der Waals surface area (Å²) in [4.78, 5) is 17.5. The van der Waals surface area contributed by atoms with Gasteiger partial charge in [-0.3, -0.25) is 4.79 Å². The minimum Gasteiger partial charge on any atom is -0.395 e. The first-order chi connectivity index (χ1) is 9.63. The molecule has 1 N–H and O–H groups in total. The molecule has 1 aliphatic heterocycles. The van der Waals surface area contributed by atoms with Gasteiger partial charge in [0.2, 0.25) is 0 Å². The Bertz CT molecular complexity index is 529. The predicted molar refractivity (Wildman–Crippen MR) is 80.9 cm³/mol. The molecule has 20 heavy (non-hydrogen) atoms. The van der Waals surface area contributed by atoms with Crippen molar-refractivity contribution in [1.82, 2.24) is 9.80 Å². The molecule has 0 bridgehead atoms. The van der Waals surface area contributed by atoms with E-state index in [1.165, 1.54) is 11.3 Å². The van der Waals surface area contributed by atoms with Gasteiger partial charge < -0.3 is 14.9 Å². The van der Waals surface area contributed by atoms with Gasteiger partial charge in [0.15, 0.2) is 0 Å². The molecule has 1 fully saturated rings. The number of rotatable bonds is 2. The highest BCUT2D eigenvalue weighted by atomic mass is 32.1. The smallest absolute Gasteiger partial charge is 0.265 e. The first kappa shape index (κ1) is 15.0. The summed E-state index contributed by atoms with van der Waals surface area (Å²) in [5, 5.41) is 10.7. The molecule has 4 nitrogen and oxygen atoms in total. The summed E-state index contributed by atoms with van der Waals surface area (Å²) in [6, 6.07) is 2.26. The number of carbonyl (C=O) groups is 1. The van der Waals surface area contributed by atoms with Gasteiger partial charge in [-0.15, -0.1) is 11.3 Å². The Kier molecular flexibility index (Phi) is 5.18. The van der Waals surface area contributed by atoms with Crippen molar-refractivity contribution in [1.29, 1.82) is 0 Å². The number of amides is 1. The van der Waals surface area contributed by atoms with Crippen molar-refractivity contribution < 1.29 is 9.90 Å². The normalized spacial score (nSPS) is 19.6. The average Bonchev–Trinajstić information content (AvgIpc) is 2.90. The van der Waals surface area contributed by atoms with Crippen LogP contribution in [0.1, 0.15) is 28.6 Å². The van der Waals surface area contributed by atoms with Gasteiger partial charge in [-0.25, -0.2) is 0 Å². The number of aliphatic hydroxyl groups excluding tert-OH is 1. The van der Waals surface area contributed by atoms with Crippen LogP contribution in [0.15, 0.2) is 11.4 Å². The summed E-state index contributed by atoms with van der Waals surface area (Å²) in [5.41, 5.74) is 0.778. The Hall–Kier alpha value is -1.35. The maximum absolute atomic E-state index is 12.6. The molecular formula is C15H20N2O2S. The molecule has 1 amide bonds. The van der Waals surface area contributed by atoms with Crippen LogP contribution in [0.2, 0.25) is 0 Å². The number of hydrogen-bond donors (Lipinski definition) is 1. The summed E-state index contributed by atoms with van der Waals surface area (Å²) < 4.78 is 0. The second kappa shape index (κ2) is 6.89. The SMILES string of the molecule is CC1CN(C(=O)c2sccc2C#CCCO)CCN1C. The van der Waals surface area contributed by atoms with Crippen LogP contribution in [0.3, 0.4) is 0 Å². The van der Waals surface area contributed by atoms with Crippen molar-refractivity contribution in [2.75, 3.05) is 33.3 Å². The van der Waals surface area contributed by atoms with Crippen molar-refractivity contribution >= 4 is 17.2 Å². The lowest BCUT2D eigenvalue weighted by Crippen LogP contribution is -2.51. The van der Waals surface area contributed by atoms with Crippen LogP contribution < -0.4 is 0 Å². The lowest BCUT2D eigenvalue weighted by molar-refractivity contribution is 0.0577. The van der Waals surface area contributed by atoms with Crippen molar-refractivity contribution in [3.63, 3.8) is 0 Å². The van der Waals surface area contributed by atoms with Crippen molar-refractivity contribution in [3.8, 4) is 11.8 Å². The van der Waals surface area contributed by atoms with Crippen LogP contribution in [-0.2, 0) is 0 Å².